The number of rotatable bonds is 2. The second-order valence-electron chi connectivity index (χ2n) is 3.55. The molecular weight excluding hydrogens is 359 g/mol. The van der Waals surface area contributed by atoms with Gasteiger partial charge in [-0.05, 0) is 58.0 Å². The second-order valence-corrected chi connectivity index (χ2v) is 5.17. The molecule has 0 atom stereocenters. The number of benzene rings is 1. The predicted octanol–water partition coefficient (Wildman–Crippen LogP) is 4.32. The standard InChI is InChI=1S/C14H8ClIN2/c15-14(11-2-1-3-12(16)8-11)13(9-17)10-4-6-18-7-5-10/h1-8H/b14-13-. The summed E-state index contributed by atoms with van der Waals surface area (Å²) in [6.07, 6.45) is 3.29. The summed E-state index contributed by atoms with van der Waals surface area (Å²) in [6, 6.07) is 13.4. The Morgan fingerprint density at radius 2 is 1.89 bits per heavy atom. The Morgan fingerprint density at radius 1 is 1.17 bits per heavy atom. The van der Waals surface area contributed by atoms with E-state index in [2.05, 4.69) is 33.6 Å². The molecule has 18 heavy (non-hydrogen) atoms. The first-order valence-electron chi connectivity index (χ1n) is 5.18. The lowest BCUT2D eigenvalue weighted by atomic mass is 10.1. The molecule has 0 radical (unpaired) electrons. The molecule has 2 nitrogen and oxygen atoms in total. The van der Waals surface area contributed by atoms with Crippen LogP contribution in [0.25, 0.3) is 10.6 Å². The van der Waals surface area contributed by atoms with Crippen LogP contribution in [-0.2, 0) is 0 Å². The molecule has 2 aromatic rings. The summed E-state index contributed by atoms with van der Waals surface area (Å²) in [5, 5.41) is 9.73. The highest BCUT2D eigenvalue weighted by atomic mass is 127. The molecule has 0 unspecified atom stereocenters. The van der Waals surface area contributed by atoms with Crippen LogP contribution in [0, 0.1) is 14.9 Å². The summed E-state index contributed by atoms with van der Waals surface area (Å²) in [6.45, 7) is 0. The molecule has 0 aliphatic rings. The molecule has 0 aliphatic carbocycles. The maximum Gasteiger partial charge on any atom is 0.101 e. The van der Waals surface area contributed by atoms with Gasteiger partial charge in [0, 0.05) is 16.0 Å². The second kappa shape index (κ2) is 5.98. The molecule has 0 N–H and O–H groups in total. The Balaban J connectivity index is 2.55. The normalized spacial score (nSPS) is 11.6. The number of allylic oxidation sites excluding steroid dienone is 1. The average molecular weight is 367 g/mol. The molecule has 0 amide bonds. The number of hydrogen-bond acceptors (Lipinski definition) is 2. The van der Waals surface area contributed by atoms with E-state index >= 15 is 0 Å². The van der Waals surface area contributed by atoms with Gasteiger partial charge in [0.2, 0.25) is 0 Å². The number of halogens is 2. The maximum absolute atomic E-state index is 9.27. The van der Waals surface area contributed by atoms with Gasteiger partial charge in [-0.15, -0.1) is 0 Å². The lowest BCUT2D eigenvalue weighted by Gasteiger charge is -2.04. The minimum atomic E-state index is 0.459. The van der Waals surface area contributed by atoms with E-state index in [1.54, 1.807) is 24.5 Å². The van der Waals surface area contributed by atoms with Gasteiger partial charge in [0.15, 0.2) is 0 Å². The minimum absolute atomic E-state index is 0.459. The van der Waals surface area contributed by atoms with Gasteiger partial charge < -0.3 is 0 Å². The van der Waals surface area contributed by atoms with Crippen molar-refractivity contribution in [1.82, 2.24) is 4.98 Å². The van der Waals surface area contributed by atoms with Gasteiger partial charge >= 0.3 is 0 Å². The van der Waals surface area contributed by atoms with Gasteiger partial charge in [-0.1, -0.05) is 23.7 Å². The molecular formula is C14H8ClIN2. The molecule has 0 saturated carbocycles. The quantitative estimate of drug-likeness (QED) is 0.586. The Kier molecular flexibility index (Phi) is 4.34. The van der Waals surface area contributed by atoms with E-state index in [1.165, 1.54) is 0 Å². The number of pyridine rings is 1. The van der Waals surface area contributed by atoms with Crippen molar-refractivity contribution in [1.29, 1.82) is 5.26 Å². The van der Waals surface area contributed by atoms with E-state index < -0.39 is 0 Å². The van der Waals surface area contributed by atoms with Crippen molar-refractivity contribution >= 4 is 44.8 Å². The lowest BCUT2D eigenvalue weighted by molar-refractivity contribution is 1.32. The van der Waals surface area contributed by atoms with E-state index in [0.29, 0.717) is 10.6 Å². The van der Waals surface area contributed by atoms with Gasteiger partial charge in [0.25, 0.3) is 0 Å². The van der Waals surface area contributed by atoms with Crippen LogP contribution < -0.4 is 0 Å². The summed E-state index contributed by atoms with van der Waals surface area (Å²) in [5.74, 6) is 0. The van der Waals surface area contributed by atoms with Crippen molar-refractivity contribution in [2.45, 2.75) is 0 Å². The van der Waals surface area contributed by atoms with E-state index in [9.17, 15) is 5.26 Å². The number of nitrogens with zero attached hydrogens (tertiary/aromatic N) is 2. The Morgan fingerprint density at radius 3 is 2.50 bits per heavy atom. The molecule has 2 rings (SSSR count). The van der Waals surface area contributed by atoms with E-state index in [0.717, 1.165) is 14.7 Å². The fraction of sp³-hybridized carbons (Fsp3) is 0. The molecule has 0 bridgehead atoms. The summed E-state index contributed by atoms with van der Waals surface area (Å²) >= 11 is 8.53. The first-order valence-corrected chi connectivity index (χ1v) is 6.64. The minimum Gasteiger partial charge on any atom is -0.265 e. The first kappa shape index (κ1) is 13.1. The molecule has 0 spiro atoms. The number of hydrogen-bond donors (Lipinski definition) is 0. The van der Waals surface area contributed by atoms with Crippen molar-refractivity contribution in [2.24, 2.45) is 0 Å². The first-order chi connectivity index (χ1) is 8.72. The van der Waals surface area contributed by atoms with Crippen molar-refractivity contribution in [3.8, 4) is 6.07 Å². The van der Waals surface area contributed by atoms with Crippen LogP contribution in [0.5, 0.6) is 0 Å². The van der Waals surface area contributed by atoms with Gasteiger partial charge in [-0.3, -0.25) is 4.98 Å². The van der Waals surface area contributed by atoms with Crippen LogP contribution in [0.4, 0.5) is 0 Å². The summed E-state index contributed by atoms with van der Waals surface area (Å²) in [4.78, 5) is 3.93. The van der Waals surface area contributed by atoms with E-state index in [4.69, 9.17) is 11.6 Å². The van der Waals surface area contributed by atoms with E-state index in [-0.39, 0.29) is 0 Å². The third-order valence-electron chi connectivity index (χ3n) is 2.38. The highest BCUT2D eigenvalue weighted by Gasteiger charge is 2.09. The summed E-state index contributed by atoms with van der Waals surface area (Å²) < 4.78 is 1.08. The number of aromatic nitrogens is 1. The smallest absolute Gasteiger partial charge is 0.101 e. The van der Waals surface area contributed by atoms with Crippen LogP contribution in [-0.4, -0.2) is 4.98 Å². The van der Waals surface area contributed by atoms with Crippen molar-refractivity contribution in [3.63, 3.8) is 0 Å². The van der Waals surface area contributed by atoms with Gasteiger partial charge in [-0.25, -0.2) is 0 Å². The Hall–Kier alpha value is -1.38. The summed E-state index contributed by atoms with van der Waals surface area (Å²) in [5.41, 5.74) is 2.08. The average Bonchev–Trinajstić information content (AvgIpc) is 2.41. The Labute approximate surface area is 124 Å². The van der Waals surface area contributed by atoms with Gasteiger partial charge in [-0.2, -0.15) is 5.26 Å². The Bertz CT molecular complexity index is 630. The lowest BCUT2D eigenvalue weighted by Crippen LogP contribution is -1.87. The van der Waals surface area contributed by atoms with Crippen LogP contribution in [0.2, 0.25) is 0 Å². The monoisotopic (exact) mass is 366 g/mol. The van der Waals surface area contributed by atoms with Gasteiger partial charge in [0.05, 0.1) is 10.6 Å². The zero-order chi connectivity index (χ0) is 13.0. The summed E-state index contributed by atoms with van der Waals surface area (Å²) in [7, 11) is 0. The highest BCUT2D eigenvalue weighted by molar-refractivity contribution is 14.1. The van der Waals surface area contributed by atoms with Crippen LogP contribution >= 0.6 is 34.2 Å². The fourth-order valence-electron chi connectivity index (χ4n) is 1.53. The molecule has 88 valence electrons. The highest BCUT2D eigenvalue weighted by Crippen LogP contribution is 2.29. The predicted molar refractivity (Wildman–Crippen MR) is 81.7 cm³/mol. The van der Waals surface area contributed by atoms with E-state index in [1.807, 2.05) is 24.3 Å². The number of nitriles is 1. The zero-order valence-corrected chi connectivity index (χ0v) is 12.2. The van der Waals surface area contributed by atoms with Crippen molar-refractivity contribution in [3.05, 3.63) is 63.5 Å². The van der Waals surface area contributed by atoms with Crippen molar-refractivity contribution in [2.75, 3.05) is 0 Å². The van der Waals surface area contributed by atoms with Crippen LogP contribution in [0.15, 0.2) is 48.8 Å². The zero-order valence-electron chi connectivity index (χ0n) is 9.27. The molecule has 1 aromatic carbocycles. The van der Waals surface area contributed by atoms with Gasteiger partial charge in [0.1, 0.15) is 6.07 Å². The topological polar surface area (TPSA) is 36.7 Å². The molecule has 0 fully saturated rings. The SMILES string of the molecule is N#C/C(=C(/Cl)c1cccc(I)c1)c1ccncc1. The third kappa shape index (κ3) is 2.89. The molecule has 1 aromatic heterocycles. The molecule has 0 saturated heterocycles. The molecule has 0 aliphatic heterocycles. The maximum atomic E-state index is 9.27. The fourth-order valence-corrected chi connectivity index (χ4v) is 2.34. The van der Waals surface area contributed by atoms with Crippen LogP contribution in [0.1, 0.15) is 11.1 Å². The van der Waals surface area contributed by atoms with Crippen LogP contribution in [0.3, 0.4) is 0 Å². The largest absolute Gasteiger partial charge is 0.265 e. The van der Waals surface area contributed by atoms with Crippen molar-refractivity contribution < 1.29 is 0 Å². The molecule has 4 heteroatoms. The third-order valence-corrected chi connectivity index (χ3v) is 3.46. The molecule has 1 heterocycles.